The first-order valence-corrected chi connectivity index (χ1v) is 7.22. The van der Waals surface area contributed by atoms with Gasteiger partial charge >= 0.3 is 6.61 Å². The van der Waals surface area contributed by atoms with Crippen LogP contribution >= 0.6 is 12.4 Å². The fourth-order valence-electron chi connectivity index (χ4n) is 3.23. The maximum Gasteiger partial charge on any atom is 0.387 e. The number of ether oxygens (including phenoxy) is 1. The molecule has 0 aromatic heterocycles. The molecule has 4 nitrogen and oxygen atoms in total. The summed E-state index contributed by atoms with van der Waals surface area (Å²) in [7, 11) is 0. The van der Waals surface area contributed by atoms with Gasteiger partial charge in [-0.3, -0.25) is 4.79 Å². The minimum absolute atomic E-state index is 0. The largest absolute Gasteiger partial charge is 0.435 e. The normalized spacial score (nSPS) is 26.4. The van der Waals surface area contributed by atoms with E-state index in [-0.39, 0.29) is 30.1 Å². The summed E-state index contributed by atoms with van der Waals surface area (Å²) in [6.45, 7) is -2.85. The van der Waals surface area contributed by atoms with E-state index in [1.165, 1.54) is 37.1 Å². The third-order valence-electron chi connectivity index (χ3n) is 4.15. The van der Waals surface area contributed by atoms with Gasteiger partial charge in [-0.05, 0) is 49.9 Å². The first kappa shape index (κ1) is 17.0. The number of hydrogen-bond acceptors (Lipinski definition) is 3. The standard InChI is InChI=1S/C15H18F2N2O2.ClH/c16-15(17)21-13-5-1-9(2-6-13)14(20)19-12-7-10-3-4-11(8-12)18-10;/h1-2,5-6,10-12,15,18H,3-4,7-8H2,(H,19,20);1H. The lowest BCUT2D eigenvalue weighted by molar-refractivity contribution is -0.0498. The van der Waals surface area contributed by atoms with Gasteiger partial charge in [0.1, 0.15) is 5.75 Å². The Morgan fingerprint density at radius 3 is 2.32 bits per heavy atom. The van der Waals surface area contributed by atoms with Crippen LogP contribution in [0.4, 0.5) is 8.78 Å². The van der Waals surface area contributed by atoms with Crippen LogP contribution in [0.25, 0.3) is 0 Å². The lowest BCUT2D eigenvalue weighted by atomic mass is 9.99. The van der Waals surface area contributed by atoms with E-state index in [0.29, 0.717) is 17.6 Å². The monoisotopic (exact) mass is 332 g/mol. The number of carbonyl (C=O) groups excluding carboxylic acids is 1. The van der Waals surface area contributed by atoms with E-state index >= 15 is 0 Å². The van der Waals surface area contributed by atoms with Crippen LogP contribution in [-0.4, -0.2) is 30.6 Å². The van der Waals surface area contributed by atoms with Crippen LogP contribution in [0.2, 0.25) is 0 Å². The van der Waals surface area contributed by atoms with Crippen LogP contribution < -0.4 is 15.4 Å². The Morgan fingerprint density at radius 1 is 1.18 bits per heavy atom. The average molecular weight is 333 g/mol. The van der Waals surface area contributed by atoms with Crippen molar-refractivity contribution in [3.8, 4) is 5.75 Å². The fraction of sp³-hybridized carbons (Fsp3) is 0.533. The molecule has 2 aliphatic rings. The molecule has 2 aliphatic heterocycles. The number of fused-ring (bicyclic) bond motifs is 2. The van der Waals surface area contributed by atoms with E-state index in [9.17, 15) is 13.6 Å². The predicted molar refractivity (Wildman–Crippen MR) is 80.8 cm³/mol. The zero-order valence-electron chi connectivity index (χ0n) is 11.9. The number of piperidine rings is 1. The highest BCUT2D eigenvalue weighted by atomic mass is 35.5. The van der Waals surface area contributed by atoms with Crippen molar-refractivity contribution in [2.24, 2.45) is 0 Å². The summed E-state index contributed by atoms with van der Waals surface area (Å²) in [5.74, 6) is -0.105. The van der Waals surface area contributed by atoms with Gasteiger partial charge in [-0.25, -0.2) is 0 Å². The number of hydrogen-bond donors (Lipinski definition) is 2. The van der Waals surface area contributed by atoms with Crippen molar-refractivity contribution in [2.45, 2.75) is 50.4 Å². The number of rotatable bonds is 4. The number of nitrogens with one attached hydrogen (secondary N) is 2. The Kier molecular flexibility index (Phi) is 5.58. The van der Waals surface area contributed by atoms with Crippen LogP contribution in [0.1, 0.15) is 36.0 Å². The molecule has 0 radical (unpaired) electrons. The molecule has 2 unspecified atom stereocenters. The molecule has 1 amide bonds. The summed E-state index contributed by atoms with van der Waals surface area (Å²) in [4.78, 5) is 12.2. The second kappa shape index (κ2) is 7.24. The van der Waals surface area contributed by atoms with E-state index in [1.807, 2.05) is 0 Å². The summed E-state index contributed by atoms with van der Waals surface area (Å²) < 4.78 is 28.4. The summed E-state index contributed by atoms with van der Waals surface area (Å²) in [6, 6.07) is 6.98. The van der Waals surface area contributed by atoms with Crippen LogP contribution in [0, 0.1) is 0 Å². The molecule has 3 rings (SSSR count). The molecule has 0 saturated carbocycles. The van der Waals surface area contributed by atoms with Crippen molar-refractivity contribution in [1.29, 1.82) is 0 Å². The lowest BCUT2D eigenvalue weighted by Gasteiger charge is -2.29. The summed E-state index contributed by atoms with van der Waals surface area (Å²) in [6.07, 6.45) is 4.26. The Morgan fingerprint density at radius 2 is 1.77 bits per heavy atom. The number of halogens is 3. The Balaban J connectivity index is 0.00000176. The van der Waals surface area contributed by atoms with Crippen molar-refractivity contribution in [2.75, 3.05) is 0 Å². The van der Waals surface area contributed by atoms with Crippen LogP contribution in [0.5, 0.6) is 5.75 Å². The number of carbonyl (C=O) groups is 1. The number of benzene rings is 1. The Hall–Kier alpha value is -1.40. The summed E-state index contributed by atoms with van der Waals surface area (Å²) in [5, 5.41) is 6.55. The molecule has 2 N–H and O–H groups in total. The molecule has 2 heterocycles. The molecular weight excluding hydrogens is 314 g/mol. The maximum atomic E-state index is 12.2. The van der Waals surface area contributed by atoms with Crippen LogP contribution in [-0.2, 0) is 0 Å². The third kappa shape index (κ3) is 4.08. The Bertz CT molecular complexity index is 501. The smallest absolute Gasteiger partial charge is 0.387 e. The number of amides is 1. The first-order chi connectivity index (χ1) is 10.1. The van der Waals surface area contributed by atoms with Crippen LogP contribution in [0.3, 0.4) is 0 Å². The van der Waals surface area contributed by atoms with Crippen molar-refractivity contribution in [3.63, 3.8) is 0 Å². The quantitative estimate of drug-likeness (QED) is 0.891. The van der Waals surface area contributed by atoms with Crippen molar-refractivity contribution >= 4 is 18.3 Å². The lowest BCUT2D eigenvalue weighted by Crippen LogP contribution is -2.48. The van der Waals surface area contributed by atoms with E-state index < -0.39 is 6.61 Å². The molecule has 22 heavy (non-hydrogen) atoms. The Labute approximate surface area is 134 Å². The second-order valence-electron chi connectivity index (χ2n) is 5.68. The molecular formula is C15H19ClF2N2O2. The highest BCUT2D eigenvalue weighted by Gasteiger charge is 2.34. The predicted octanol–water partition coefficient (Wildman–Crippen LogP) is 2.72. The number of alkyl halides is 2. The average Bonchev–Trinajstić information content (AvgIpc) is 2.78. The minimum Gasteiger partial charge on any atom is -0.435 e. The topological polar surface area (TPSA) is 50.4 Å². The minimum atomic E-state index is -2.85. The van der Waals surface area contributed by atoms with Gasteiger partial charge in [-0.2, -0.15) is 8.78 Å². The van der Waals surface area contributed by atoms with Gasteiger partial charge in [0, 0.05) is 23.7 Å². The summed E-state index contributed by atoms with van der Waals surface area (Å²) in [5.41, 5.74) is 0.461. The molecule has 7 heteroatoms. The molecule has 2 bridgehead atoms. The van der Waals surface area contributed by atoms with Crippen molar-refractivity contribution in [1.82, 2.24) is 10.6 Å². The van der Waals surface area contributed by atoms with E-state index in [4.69, 9.17) is 0 Å². The van der Waals surface area contributed by atoms with Gasteiger partial charge in [-0.15, -0.1) is 12.4 Å². The summed E-state index contributed by atoms with van der Waals surface area (Å²) >= 11 is 0. The zero-order chi connectivity index (χ0) is 14.8. The molecule has 0 aliphatic carbocycles. The zero-order valence-corrected chi connectivity index (χ0v) is 12.7. The van der Waals surface area contributed by atoms with Gasteiger partial charge < -0.3 is 15.4 Å². The van der Waals surface area contributed by atoms with E-state index in [2.05, 4.69) is 15.4 Å². The van der Waals surface area contributed by atoms with Gasteiger partial charge in [0.25, 0.3) is 5.91 Å². The molecule has 2 fully saturated rings. The molecule has 1 aromatic carbocycles. The molecule has 2 saturated heterocycles. The van der Waals surface area contributed by atoms with Gasteiger partial charge in [0.15, 0.2) is 0 Å². The van der Waals surface area contributed by atoms with Crippen molar-refractivity contribution < 1.29 is 18.3 Å². The maximum absolute atomic E-state index is 12.2. The SMILES string of the molecule is Cl.O=C(NC1CC2CCC(C1)N2)c1ccc(OC(F)F)cc1. The van der Waals surface area contributed by atoms with Crippen molar-refractivity contribution in [3.05, 3.63) is 29.8 Å². The van der Waals surface area contributed by atoms with E-state index in [1.54, 1.807) is 0 Å². The first-order valence-electron chi connectivity index (χ1n) is 7.22. The molecule has 0 spiro atoms. The highest BCUT2D eigenvalue weighted by Crippen LogP contribution is 2.27. The highest BCUT2D eigenvalue weighted by molar-refractivity contribution is 5.94. The third-order valence-corrected chi connectivity index (χ3v) is 4.15. The fourth-order valence-corrected chi connectivity index (χ4v) is 3.23. The van der Waals surface area contributed by atoms with Crippen LogP contribution in [0.15, 0.2) is 24.3 Å². The van der Waals surface area contributed by atoms with Gasteiger partial charge in [-0.1, -0.05) is 0 Å². The molecule has 2 atom stereocenters. The van der Waals surface area contributed by atoms with E-state index in [0.717, 1.165) is 12.8 Å². The second-order valence-corrected chi connectivity index (χ2v) is 5.68. The molecule has 1 aromatic rings. The van der Waals surface area contributed by atoms with Gasteiger partial charge in [0.2, 0.25) is 0 Å². The van der Waals surface area contributed by atoms with Gasteiger partial charge in [0.05, 0.1) is 0 Å². The molecule has 122 valence electrons.